The van der Waals surface area contributed by atoms with Gasteiger partial charge in [0.05, 0.1) is 18.2 Å². The van der Waals surface area contributed by atoms with Gasteiger partial charge in [0.1, 0.15) is 10.8 Å². The second kappa shape index (κ2) is 5.56. The van der Waals surface area contributed by atoms with Crippen LogP contribution in [-0.4, -0.2) is 23.2 Å². The summed E-state index contributed by atoms with van der Waals surface area (Å²) in [7, 11) is 1.52. The second-order valence-corrected chi connectivity index (χ2v) is 5.77. The molecule has 2 aromatic rings. The SMILES string of the molecule is COc1ccccc1C(=O)Nc1nnc(C(C)(C)N)s1. The highest BCUT2D eigenvalue weighted by Gasteiger charge is 2.21. The summed E-state index contributed by atoms with van der Waals surface area (Å²) in [5.74, 6) is 0.217. The zero-order valence-corrected chi connectivity index (χ0v) is 12.3. The quantitative estimate of drug-likeness (QED) is 0.899. The average Bonchev–Trinajstić information content (AvgIpc) is 2.87. The lowest BCUT2D eigenvalue weighted by Gasteiger charge is -2.12. The molecule has 1 amide bonds. The van der Waals surface area contributed by atoms with E-state index in [0.717, 1.165) is 0 Å². The summed E-state index contributed by atoms with van der Waals surface area (Å²) in [5, 5.41) is 11.7. The standard InChI is InChI=1S/C13H16N4O2S/c1-13(2,14)11-16-17-12(20-11)15-10(18)8-6-4-5-7-9(8)19-3/h4-7H,14H2,1-3H3,(H,15,17,18). The van der Waals surface area contributed by atoms with E-state index >= 15 is 0 Å². The van der Waals surface area contributed by atoms with Crippen LogP contribution in [0.1, 0.15) is 29.2 Å². The zero-order valence-electron chi connectivity index (χ0n) is 11.5. The van der Waals surface area contributed by atoms with Gasteiger partial charge in [-0.3, -0.25) is 10.1 Å². The first-order valence-electron chi connectivity index (χ1n) is 5.99. The Bertz CT molecular complexity index is 619. The van der Waals surface area contributed by atoms with Crippen molar-refractivity contribution in [3.05, 3.63) is 34.8 Å². The van der Waals surface area contributed by atoms with Crippen molar-refractivity contribution in [2.45, 2.75) is 19.4 Å². The number of ether oxygens (including phenoxy) is 1. The van der Waals surface area contributed by atoms with Gasteiger partial charge in [-0.2, -0.15) is 0 Å². The minimum absolute atomic E-state index is 0.292. The monoisotopic (exact) mass is 292 g/mol. The highest BCUT2D eigenvalue weighted by Crippen LogP contribution is 2.25. The highest BCUT2D eigenvalue weighted by molar-refractivity contribution is 7.15. The number of hydrogen-bond acceptors (Lipinski definition) is 6. The number of carbonyl (C=O) groups excluding carboxylic acids is 1. The van der Waals surface area contributed by atoms with Crippen molar-refractivity contribution in [3.63, 3.8) is 0 Å². The van der Waals surface area contributed by atoms with Crippen molar-refractivity contribution in [1.29, 1.82) is 0 Å². The molecule has 1 heterocycles. The smallest absolute Gasteiger partial charge is 0.261 e. The number of carbonyl (C=O) groups is 1. The molecule has 0 spiro atoms. The van der Waals surface area contributed by atoms with Crippen molar-refractivity contribution >= 4 is 22.4 Å². The number of hydrogen-bond donors (Lipinski definition) is 2. The maximum Gasteiger partial charge on any atom is 0.261 e. The van der Waals surface area contributed by atoms with Gasteiger partial charge in [-0.15, -0.1) is 10.2 Å². The first kappa shape index (κ1) is 14.4. The summed E-state index contributed by atoms with van der Waals surface area (Å²) in [4.78, 5) is 12.2. The summed E-state index contributed by atoms with van der Waals surface area (Å²) in [6.45, 7) is 3.67. The van der Waals surface area contributed by atoms with E-state index in [4.69, 9.17) is 10.5 Å². The molecule has 0 aliphatic heterocycles. The Hall–Kier alpha value is -1.99. The fraction of sp³-hybridized carbons (Fsp3) is 0.308. The van der Waals surface area contributed by atoms with Gasteiger partial charge in [0.15, 0.2) is 0 Å². The van der Waals surface area contributed by atoms with Crippen LogP contribution in [-0.2, 0) is 5.54 Å². The Morgan fingerprint density at radius 3 is 2.65 bits per heavy atom. The van der Waals surface area contributed by atoms with Crippen LogP contribution >= 0.6 is 11.3 Å². The van der Waals surface area contributed by atoms with Gasteiger partial charge >= 0.3 is 0 Å². The average molecular weight is 292 g/mol. The number of methoxy groups -OCH3 is 1. The topological polar surface area (TPSA) is 90.1 Å². The fourth-order valence-corrected chi connectivity index (χ4v) is 2.28. The van der Waals surface area contributed by atoms with Crippen LogP contribution in [0.15, 0.2) is 24.3 Å². The lowest BCUT2D eigenvalue weighted by atomic mass is 10.1. The molecule has 0 fully saturated rings. The number of para-hydroxylation sites is 1. The van der Waals surface area contributed by atoms with Gasteiger partial charge in [-0.05, 0) is 26.0 Å². The van der Waals surface area contributed by atoms with Crippen LogP contribution < -0.4 is 15.8 Å². The second-order valence-electron chi connectivity index (χ2n) is 4.79. The first-order chi connectivity index (χ1) is 9.41. The summed E-state index contributed by atoms with van der Waals surface area (Å²) >= 11 is 1.26. The van der Waals surface area contributed by atoms with Gasteiger partial charge in [0.25, 0.3) is 5.91 Å². The van der Waals surface area contributed by atoms with Gasteiger partial charge in [-0.1, -0.05) is 23.5 Å². The molecule has 6 nitrogen and oxygen atoms in total. The molecule has 20 heavy (non-hydrogen) atoms. The van der Waals surface area contributed by atoms with Crippen LogP contribution in [0, 0.1) is 0 Å². The largest absolute Gasteiger partial charge is 0.496 e. The van der Waals surface area contributed by atoms with Crippen LogP contribution in [0.5, 0.6) is 5.75 Å². The Kier molecular flexibility index (Phi) is 4.01. The van der Waals surface area contributed by atoms with E-state index < -0.39 is 5.54 Å². The minimum Gasteiger partial charge on any atom is -0.496 e. The summed E-state index contributed by atoms with van der Waals surface area (Å²) in [6.07, 6.45) is 0. The predicted octanol–water partition coefficient (Wildman–Crippen LogP) is 1.99. The highest BCUT2D eigenvalue weighted by atomic mass is 32.1. The molecule has 0 atom stereocenters. The number of nitrogens with zero attached hydrogens (tertiary/aromatic N) is 2. The molecule has 3 N–H and O–H groups in total. The number of aromatic nitrogens is 2. The molecule has 0 radical (unpaired) electrons. The van der Waals surface area contributed by atoms with Crippen LogP contribution in [0.2, 0.25) is 0 Å². The molecule has 0 aliphatic carbocycles. The van der Waals surface area contributed by atoms with Crippen molar-refractivity contribution in [2.24, 2.45) is 5.73 Å². The molecule has 0 unspecified atom stereocenters. The van der Waals surface area contributed by atoms with Crippen molar-refractivity contribution in [1.82, 2.24) is 10.2 Å². The molecule has 1 aromatic carbocycles. The van der Waals surface area contributed by atoms with Gasteiger partial charge in [0.2, 0.25) is 5.13 Å². The van der Waals surface area contributed by atoms with Crippen molar-refractivity contribution in [3.8, 4) is 5.75 Å². The van der Waals surface area contributed by atoms with Gasteiger partial charge < -0.3 is 10.5 Å². The summed E-state index contributed by atoms with van der Waals surface area (Å²) in [6, 6.07) is 6.98. The molecule has 0 aliphatic rings. The maximum absolute atomic E-state index is 12.2. The van der Waals surface area contributed by atoms with E-state index in [1.807, 2.05) is 13.8 Å². The normalized spacial score (nSPS) is 11.2. The molecular weight excluding hydrogens is 276 g/mol. The van der Waals surface area contributed by atoms with E-state index in [-0.39, 0.29) is 5.91 Å². The zero-order chi connectivity index (χ0) is 14.8. The lowest BCUT2D eigenvalue weighted by Crippen LogP contribution is -2.28. The van der Waals surface area contributed by atoms with Crippen molar-refractivity contribution < 1.29 is 9.53 Å². The number of rotatable bonds is 4. The molecule has 2 rings (SSSR count). The number of anilines is 1. The number of amides is 1. The molecule has 0 bridgehead atoms. The van der Waals surface area contributed by atoms with E-state index in [2.05, 4.69) is 15.5 Å². The molecule has 106 valence electrons. The van der Waals surface area contributed by atoms with Crippen LogP contribution in [0.4, 0.5) is 5.13 Å². The van der Waals surface area contributed by atoms with E-state index in [0.29, 0.717) is 21.5 Å². The number of nitrogens with two attached hydrogens (primary N) is 1. The fourth-order valence-electron chi connectivity index (χ4n) is 1.53. The van der Waals surface area contributed by atoms with Gasteiger partial charge in [0, 0.05) is 0 Å². The molecule has 7 heteroatoms. The minimum atomic E-state index is -0.578. The third kappa shape index (κ3) is 3.12. The van der Waals surface area contributed by atoms with Gasteiger partial charge in [-0.25, -0.2) is 0 Å². The molecule has 1 aromatic heterocycles. The Morgan fingerprint density at radius 1 is 1.35 bits per heavy atom. The third-order valence-electron chi connectivity index (χ3n) is 2.55. The van der Waals surface area contributed by atoms with E-state index in [9.17, 15) is 4.79 Å². The molecule has 0 saturated carbocycles. The summed E-state index contributed by atoms with van der Waals surface area (Å²) in [5.41, 5.74) is 5.80. The maximum atomic E-state index is 12.2. The Labute approximate surface area is 121 Å². The number of benzene rings is 1. The Balaban J connectivity index is 2.18. The first-order valence-corrected chi connectivity index (χ1v) is 6.80. The number of nitrogens with one attached hydrogen (secondary N) is 1. The molecule has 0 saturated heterocycles. The van der Waals surface area contributed by atoms with E-state index in [1.165, 1.54) is 18.4 Å². The van der Waals surface area contributed by atoms with E-state index in [1.54, 1.807) is 24.3 Å². The van der Waals surface area contributed by atoms with Crippen LogP contribution in [0.25, 0.3) is 0 Å². The Morgan fingerprint density at radius 2 is 2.05 bits per heavy atom. The van der Waals surface area contributed by atoms with Crippen molar-refractivity contribution in [2.75, 3.05) is 12.4 Å². The molecular formula is C13H16N4O2S. The van der Waals surface area contributed by atoms with Crippen LogP contribution in [0.3, 0.4) is 0 Å². The third-order valence-corrected chi connectivity index (χ3v) is 3.73. The summed E-state index contributed by atoms with van der Waals surface area (Å²) < 4.78 is 5.15. The predicted molar refractivity (Wildman–Crippen MR) is 78.1 cm³/mol. The lowest BCUT2D eigenvalue weighted by molar-refractivity contribution is 0.102.